The molecule has 1 aliphatic heterocycles. The van der Waals surface area contributed by atoms with Crippen LogP contribution in [0.4, 0.5) is 0 Å². The number of aromatic nitrogens is 1. The summed E-state index contributed by atoms with van der Waals surface area (Å²) in [5, 5.41) is 10.4. The van der Waals surface area contributed by atoms with Gasteiger partial charge in [-0.1, -0.05) is 19.0 Å². The molecule has 1 amide bonds. The van der Waals surface area contributed by atoms with Crippen LogP contribution < -0.4 is 10.6 Å². The average Bonchev–Trinajstić information content (AvgIpc) is 3.25. The highest BCUT2D eigenvalue weighted by atomic mass is 127. The number of amides is 1. The van der Waals surface area contributed by atoms with Crippen LogP contribution in [0.3, 0.4) is 0 Å². The van der Waals surface area contributed by atoms with Gasteiger partial charge < -0.3 is 20.1 Å². The number of likely N-dealkylation sites (tertiary alicyclic amines) is 1. The quantitative estimate of drug-likeness (QED) is 0.368. The van der Waals surface area contributed by atoms with Gasteiger partial charge in [-0.25, -0.2) is 4.99 Å². The predicted molar refractivity (Wildman–Crippen MR) is 109 cm³/mol. The van der Waals surface area contributed by atoms with Crippen molar-refractivity contribution >= 4 is 35.8 Å². The van der Waals surface area contributed by atoms with Gasteiger partial charge in [0.05, 0.1) is 18.8 Å². The number of nitrogens with one attached hydrogen (secondary N) is 2. The molecule has 0 spiro atoms. The lowest BCUT2D eigenvalue weighted by molar-refractivity contribution is -0.128. The second-order valence-corrected chi connectivity index (χ2v) is 5.87. The zero-order valence-corrected chi connectivity index (χ0v) is 17.8. The van der Waals surface area contributed by atoms with Crippen LogP contribution in [0, 0.1) is 0 Å². The number of guanidine groups is 1. The van der Waals surface area contributed by atoms with Crippen molar-refractivity contribution in [2.45, 2.75) is 53.0 Å². The van der Waals surface area contributed by atoms with Gasteiger partial charge in [-0.15, -0.1) is 24.0 Å². The van der Waals surface area contributed by atoms with E-state index in [0.29, 0.717) is 12.5 Å². The Morgan fingerprint density at radius 1 is 1.20 bits per heavy atom. The fourth-order valence-electron chi connectivity index (χ4n) is 2.85. The van der Waals surface area contributed by atoms with Crippen LogP contribution >= 0.6 is 24.0 Å². The minimum absolute atomic E-state index is 0. The van der Waals surface area contributed by atoms with Gasteiger partial charge in [0.1, 0.15) is 5.76 Å². The van der Waals surface area contributed by atoms with Crippen LogP contribution in [-0.2, 0) is 24.2 Å². The number of nitrogens with zero attached hydrogens (tertiary/aromatic N) is 3. The van der Waals surface area contributed by atoms with Crippen LogP contribution in [0.5, 0.6) is 0 Å². The molecule has 0 bridgehead atoms. The Kier molecular flexibility index (Phi) is 9.84. The zero-order chi connectivity index (χ0) is 17.4. The third-order valence-electron chi connectivity index (χ3n) is 4.21. The summed E-state index contributed by atoms with van der Waals surface area (Å²) < 4.78 is 5.37. The summed E-state index contributed by atoms with van der Waals surface area (Å²) in [4.78, 5) is 18.6. The maximum atomic E-state index is 12.1. The van der Waals surface area contributed by atoms with Gasteiger partial charge in [0, 0.05) is 31.6 Å². The van der Waals surface area contributed by atoms with Crippen molar-refractivity contribution in [1.29, 1.82) is 0 Å². The molecule has 0 unspecified atom stereocenters. The molecule has 2 heterocycles. The standard InChI is InChI=1S/C17H29N5O2.HI/c1-4-14-13(15(5-2)24-21-14)11-19-17(18-6-3)20-12-16(23)22-9-7-8-10-22;/h4-12H2,1-3H3,(H2,18,19,20);1H. The lowest BCUT2D eigenvalue weighted by Crippen LogP contribution is -2.44. The first-order chi connectivity index (χ1) is 11.7. The molecule has 2 N–H and O–H groups in total. The molecule has 142 valence electrons. The fourth-order valence-corrected chi connectivity index (χ4v) is 2.85. The summed E-state index contributed by atoms with van der Waals surface area (Å²) >= 11 is 0. The van der Waals surface area contributed by atoms with E-state index in [0.717, 1.165) is 62.3 Å². The molecule has 1 aromatic heterocycles. The molecule has 0 aromatic carbocycles. The number of hydrogen-bond acceptors (Lipinski definition) is 4. The Bertz CT molecular complexity index is 546. The number of aryl methyl sites for hydroxylation is 2. The van der Waals surface area contributed by atoms with Crippen molar-refractivity contribution in [3.05, 3.63) is 17.0 Å². The van der Waals surface area contributed by atoms with Gasteiger partial charge in [0.2, 0.25) is 5.91 Å². The maximum absolute atomic E-state index is 12.1. The first kappa shape index (κ1) is 21.7. The first-order valence-corrected chi connectivity index (χ1v) is 8.95. The molecule has 2 rings (SSSR count). The van der Waals surface area contributed by atoms with Crippen LogP contribution in [0.1, 0.15) is 50.6 Å². The van der Waals surface area contributed by atoms with Crippen LogP contribution in [0.2, 0.25) is 0 Å². The van der Waals surface area contributed by atoms with E-state index in [2.05, 4.69) is 27.7 Å². The Balaban J connectivity index is 0.00000312. The zero-order valence-electron chi connectivity index (χ0n) is 15.4. The van der Waals surface area contributed by atoms with Crippen molar-refractivity contribution in [2.24, 2.45) is 4.99 Å². The third kappa shape index (κ3) is 6.16. The van der Waals surface area contributed by atoms with Crippen LogP contribution in [-0.4, -0.2) is 48.1 Å². The SMILES string of the molecule is CCNC(=NCc1c(CC)noc1CC)NCC(=O)N1CCCC1.I. The molecule has 0 radical (unpaired) electrons. The van der Waals surface area contributed by atoms with Gasteiger partial charge in [-0.3, -0.25) is 4.79 Å². The Morgan fingerprint density at radius 3 is 2.52 bits per heavy atom. The highest BCUT2D eigenvalue weighted by Gasteiger charge is 2.18. The molecule has 1 aromatic rings. The lowest BCUT2D eigenvalue weighted by atomic mass is 10.1. The summed E-state index contributed by atoms with van der Waals surface area (Å²) in [7, 11) is 0. The fraction of sp³-hybridized carbons (Fsp3) is 0.706. The minimum Gasteiger partial charge on any atom is -0.361 e. The first-order valence-electron chi connectivity index (χ1n) is 8.95. The van der Waals surface area contributed by atoms with Crippen molar-refractivity contribution in [3.63, 3.8) is 0 Å². The molecular weight excluding hydrogens is 433 g/mol. The van der Waals surface area contributed by atoms with E-state index in [1.807, 2.05) is 18.7 Å². The van der Waals surface area contributed by atoms with Gasteiger partial charge in [-0.2, -0.15) is 0 Å². The molecule has 0 saturated carbocycles. The third-order valence-corrected chi connectivity index (χ3v) is 4.21. The molecule has 1 saturated heterocycles. The molecular formula is C17H30IN5O2. The lowest BCUT2D eigenvalue weighted by Gasteiger charge is -2.17. The van der Waals surface area contributed by atoms with Gasteiger partial charge >= 0.3 is 0 Å². The van der Waals surface area contributed by atoms with Crippen molar-refractivity contribution in [2.75, 3.05) is 26.2 Å². The molecule has 8 heteroatoms. The van der Waals surface area contributed by atoms with E-state index in [1.165, 1.54) is 0 Å². The van der Waals surface area contributed by atoms with Gasteiger partial charge in [0.25, 0.3) is 0 Å². The Labute approximate surface area is 167 Å². The van der Waals surface area contributed by atoms with E-state index in [9.17, 15) is 4.79 Å². The number of rotatable bonds is 7. The molecule has 1 fully saturated rings. The molecule has 0 atom stereocenters. The molecule has 25 heavy (non-hydrogen) atoms. The normalized spacial score (nSPS) is 14.4. The highest BCUT2D eigenvalue weighted by molar-refractivity contribution is 14.0. The largest absolute Gasteiger partial charge is 0.361 e. The number of aliphatic imine (C=N–C) groups is 1. The summed E-state index contributed by atoms with van der Waals surface area (Å²) in [5.74, 6) is 1.67. The van der Waals surface area contributed by atoms with E-state index < -0.39 is 0 Å². The second kappa shape index (κ2) is 11.3. The summed E-state index contributed by atoms with van der Waals surface area (Å²) in [5.41, 5.74) is 2.02. The average molecular weight is 463 g/mol. The second-order valence-electron chi connectivity index (χ2n) is 5.87. The maximum Gasteiger partial charge on any atom is 0.241 e. The van der Waals surface area contributed by atoms with Crippen molar-refractivity contribution in [1.82, 2.24) is 20.7 Å². The summed E-state index contributed by atoms with van der Waals surface area (Å²) in [6.07, 6.45) is 3.83. The van der Waals surface area contributed by atoms with Gasteiger partial charge in [-0.05, 0) is 26.2 Å². The topological polar surface area (TPSA) is 82.8 Å². The van der Waals surface area contributed by atoms with E-state index >= 15 is 0 Å². The monoisotopic (exact) mass is 463 g/mol. The molecule has 7 nitrogen and oxygen atoms in total. The number of halogens is 1. The van der Waals surface area contributed by atoms with Crippen LogP contribution in [0.15, 0.2) is 9.52 Å². The smallest absolute Gasteiger partial charge is 0.241 e. The number of carbonyl (C=O) groups is 1. The predicted octanol–water partition coefficient (Wildman–Crippen LogP) is 2.09. The highest BCUT2D eigenvalue weighted by Crippen LogP contribution is 2.16. The van der Waals surface area contributed by atoms with E-state index in [1.54, 1.807) is 0 Å². The summed E-state index contributed by atoms with van der Waals surface area (Å²) in [6.45, 7) is 9.37. The summed E-state index contributed by atoms with van der Waals surface area (Å²) in [6, 6.07) is 0. The van der Waals surface area contributed by atoms with E-state index in [4.69, 9.17) is 4.52 Å². The molecule has 0 aliphatic carbocycles. The Morgan fingerprint density at radius 2 is 1.92 bits per heavy atom. The molecule has 1 aliphatic rings. The number of hydrogen-bond donors (Lipinski definition) is 2. The minimum atomic E-state index is 0. The Hall–Kier alpha value is -1.32. The van der Waals surface area contributed by atoms with E-state index in [-0.39, 0.29) is 36.4 Å². The van der Waals surface area contributed by atoms with Gasteiger partial charge in [0.15, 0.2) is 5.96 Å². The van der Waals surface area contributed by atoms with Crippen molar-refractivity contribution < 1.29 is 9.32 Å². The number of carbonyl (C=O) groups excluding carboxylic acids is 1. The van der Waals surface area contributed by atoms with Crippen LogP contribution in [0.25, 0.3) is 0 Å². The van der Waals surface area contributed by atoms with Crippen molar-refractivity contribution in [3.8, 4) is 0 Å².